The van der Waals surface area contributed by atoms with Crippen LogP contribution in [0, 0.1) is 25.2 Å². The van der Waals surface area contributed by atoms with E-state index in [9.17, 15) is 14.0 Å². The lowest BCUT2D eigenvalue weighted by molar-refractivity contribution is -0.141. The van der Waals surface area contributed by atoms with Crippen molar-refractivity contribution in [1.82, 2.24) is 20.0 Å². The lowest BCUT2D eigenvalue weighted by Gasteiger charge is -2.31. The number of alkyl halides is 1. The molecule has 2 heterocycles. The lowest BCUT2D eigenvalue weighted by Crippen LogP contribution is -2.51. The van der Waals surface area contributed by atoms with Crippen LogP contribution < -0.4 is 5.32 Å². The summed E-state index contributed by atoms with van der Waals surface area (Å²) in [6.07, 6.45) is 8.98. The number of nitrogens with zero attached hydrogens (tertiary/aromatic N) is 3. The van der Waals surface area contributed by atoms with Crippen molar-refractivity contribution in [2.24, 2.45) is 5.92 Å². The number of aryl methyl sites for hydroxylation is 1. The number of terminal acetylenes is 1. The molecule has 1 aliphatic heterocycles. The fraction of sp³-hybridized carbons (Fsp3) is 0.409. The van der Waals surface area contributed by atoms with Crippen LogP contribution in [0.3, 0.4) is 0 Å². The molecule has 2 fully saturated rings. The van der Waals surface area contributed by atoms with Crippen LogP contribution in [-0.4, -0.2) is 45.1 Å². The average molecular weight is 394 g/mol. The van der Waals surface area contributed by atoms with Crippen molar-refractivity contribution in [3.05, 3.63) is 53.3 Å². The first-order chi connectivity index (χ1) is 14.0. The molecule has 2 aromatic rings. The first-order valence-corrected chi connectivity index (χ1v) is 9.81. The van der Waals surface area contributed by atoms with Crippen molar-refractivity contribution in [2.75, 3.05) is 6.54 Å². The van der Waals surface area contributed by atoms with E-state index in [2.05, 4.69) is 16.3 Å². The molecule has 2 aliphatic rings. The zero-order valence-corrected chi connectivity index (χ0v) is 16.2. The molecule has 1 N–H and O–H groups in total. The zero-order valence-electron chi connectivity index (χ0n) is 16.2. The van der Waals surface area contributed by atoms with E-state index in [0.717, 1.165) is 35.1 Å². The van der Waals surface area contributed by atoms with E-state index in [1.165, 1.54) is 12.4 Å². The average Bonchev–Trinajstić information content (AvgIpc) is 3.46. The molecule has 1 unspecified atom stereocenters. The quantitative estimate of drug-likeness (QED) is 0.810. The molecule has 2 amide bonds. The van der Waals surface area contributed by atoms with Crippen molar-refractivity contribution in [1.29, 1.82) is 0 Å². The van der Waals surface area contributed by atoms with Gasteiger partial charge in [-0.2, -0.15) is 5.10 Å². The summed E-state index contributed by atoms with van der Waals surface area (Å²) in [7, 11) is 0. The Labute approximate surface area is 169 Å². The summed E-state index contributed by atoms with van der Waals surface area (Å²) in [5.74, 6) is 2.06. The molecular formula is C22H23FN4O2. The molecule has 4 atom stereocenters. The molecule has 0 radical (unpaired) electrons. The number of benzene rings is 1. The minimum Gasteiger partial charge on any atom is -0.347 e. The summed E-state index contributed by atoms with van der Waals surface area (Å²) in [4.78, 5) is 27.1. The number of carbonyl (C=O) groups excluding carboxylic acids is 2. The van der Waals surface area contributed by atoms with Gasteiger partial charge in [-0.15, -0.1) is 6.42 Å². The van der Waals surface area contributed by atoms with Gasteiger partial charge in [-0.3, -0.25) is 9.59 Å². The number of fused-ring (bicyclic) bond motifs is 1. The summed E-state index contributed by atoms with van der Waals surface area (Å²) in [5, 5.41) is 6.89. The summed E-state index contributed by atoms with van der Waals surface area (Å²) in [5.41, 5.74) is 2.14. The molecule has 1 saturated carbocycles. The highest BCUT2D eigenvalue weighted by atomic mass is 19.1. The Kier molecular flexibility index (Phi) is 5.10. The Balaban J connectivity index is 1.49. The van der Waals surface area contributed by atoms with E-state index in [1.54, 1.807) is 29.2 Å². The van der Waals surface area contributed by atoms with Crippen LogP contribution in [0.2, 0.25) is 0 Å². The maximum atomic E-state index is 14.6. The van der Waals surface area contributed by atoms with Gasteiger partial charge < -0.3 is 10.2 Å². The van der Waals surface area contributed by atoms with Crippen LogP contribution >= 0.6 is 0 Å². The van der Waals surface area contributed by atoms with Crippen molar-refractivity contribution in [2.45, 2.75) is 44.6 Å². The molecule has 4 rings (SSSR count). The zero-order chi connectivity index (χ0) is 20.5. The van der Waals surface area contributed by atoms with Crippen molar-refractivity contribution < 1.29 is 14.0 Å². The smallest absolute Gasteiger partial charge is 0.280 e. The minimum absolute atomic E-state index is 0.189. The second-order valence-electron chi connectivity index (χ2n) is 7.72. The number of aromatic nitrogens is 2. The molecule has 29 heavy (non-hydrogen) atoms. The third-order valence-electron chi connectivity index (χ3n) is 6.05. The fourth-order valence-electron chi connectivity index (χ4n) is 4.60. The monoisotopic (exact) mass is 394 g/mol. The van der Waals surface area contributed by atoms with Gasteiger partial charge in [0, 0.05) is 36.1 Å². The van der Waals surface area contributed by atoms with E-state index in [4.69, 9.17) is 6.42 Å². The summed E-state index contributed by atoms with van der Waals surface area (Å²) in [6.45, 7) is 2.36. The first-order valence-electron chi connectivity index (χ1n) is 9.81. The molecule has 7 heteroatoms. The topological polar surface area (TPSA) is 67.2 Å². The Bertz CT molecular complexity index is 966. The Morgan fingerprint density at radius 3 is 2.86 bits per heavy atom. The molecule has 1 aromatic carbocycles. The molecule has 150 valence electrons. The van der Waals surface area contributed by atoms with Gasteiger partial charge in [-0.05, 0) is 61.9 Å². The maximum absolute atomic E-state index is 14.6. The maximum Gasteiger partial charge on any atom is 0.280 e. The molecule has 0 spiro atoms. The van der Waals surface area contributed by atoms with Crippen molar-refractivity contribution >= 4 is 11.8 Å². The molecule has 6 nitrogen and oxygen atoms in total. The molecule has 1 aliphatic carbocycles. The van der Waals surface area contributed by atoms with E-state index in [0.29, 0.717) is 12.1 Å². The van der Waals surface area contributed by atoms with Crippen molar-refractivity contribution in [3.8, 4) is 12.3 Å². The molecule has 1 saturated heterocycles. The van der Waals surface area contributed by atoms with Gasteiger partial charge in [0.1, 0.15) is 0 Å². The van der Waals surface area contributed by atoms with Gasteiger partial charge in [0.25, 0.3) is 18.1 Å². The van der Waals surface area contributed by atoms with E-state index in [1.807, 2.05) is 6.92 Å². The van der Waals surface area contributed by atoms with Crippen molar-refractivity contribution in [3.63, 3.8) is 0 Å². The van der Waals surface area contributed by atoms with Gasteiger partial charge in [0.2, 0.25) is 0 Å². The summed E-state index contributed by atoms with van der Waals surface area (Å²) in [6, 6.07) is 6.42. The van der Waals surface area contributed by atoms with Crippen LogP contribution in [0.15, 0.2) is 36.7 Å². The lowest BCUT2D eigenvalue weighted by atomic mass is 10.0. The van der Waals surface area contributed by atoms with Crippen LogP contribution in [-0.2, 0) is 4.79 Å². The number of rotatable bonds is 4. The number of amides is 2. The van der Waals surface area contributed by atoms with Gasteiger partial charge in [0.15, 0.2) is 0 Å². The molecule has 1 aromatic heterocycles. The number of likely N-dealkylation sites (tertiary alicyclic amines) is 1. The Morgan fingerprint density at radius 1 is 1.34 bits per heavy atom. The van der Waals surface area contributed by atoms with E-state index < -0.39 is 12.2 Å². The Morgan fingerprint density at radius 2 is 2.17 bits per heavy atom. The second kappa shape index (κ2) is 7.70. The van der Waals surface area contributed by atoms with Crippen LogP contribution in [0.1, 0.15) is 47.0 Å². The van der Waals surface area contributed by atoms with Gasteiger partial charge >= 0.3 is 0 Å². The van der Waals surface area contributed by atoms with Crippen LogP contribution in [0.4, 0.5) is 4.39 Å². The SMILES string of the molecule is C#Cc1ccc(C(=O)N[C@@H]2CC[C@H]3CCN(C(=O)C(F)n4cccn4)[C@H]32)cc1C. The summed E-state index contributed by atoms with van der Waals surface area (Å²) < 4.78 is 15.7. The molecule has 0 bridgehead atoms. The first kappa shape index (κ1) is 19.2. The van der Waals surface area contributed by atoms with E-state index in [-0.39, 0.29) is 23.9 Å². The predicted molar refractivity (Wildman–Crippen MR) is 106 cm³/mol. The van der Waals surface area contributed by atoms with Gasteiger partial charge in [0.05, 0.1) is 6.04 Å². The summed E-state index contributed by atoms with van der Waals surface area (Å²) >= 11 is 0. The number of halogens is 1. The number of nitrogens with one attached hydrogen (secondary N) is 1. The number of carbonyl (C=O) groups is 2. The highest BCUT2D eigenvalue weighted by Gasteiger charge is 2.48. The third-order valence-corrected chi connectivity index (χ3v) is 6.05. The predicted octanol–water partition coefficient (Wildman–Crippen LogP) is 2.45. The highest BCUT2D eigenvalue weighted by Crippen LogP contribution is 2.39. The highest BCUT2D eigenvalue weighted by molar-refractivity contribution is 5.95. The van der Waals surface area contributed by atoms with Gasteiger partial charge in [-0.1, -0.05) is 5.92 Å². The van der Waals surface area contributed by atoms with E-state index >= 15 is 0 Å². The fourth-order valence-corrected chi connectivity index (χ4v) is 4.60. The van der Waals surface area contributed by atoms with Crippen LogP contribution in [0.5, 0.6) is 0 Å². The minimum atomic E-state index is -1.85. The number of hydrogen-bond acceptors (Lipinski definition) is 3. The van der Waals surface area contributed by atoms with Crippen LogP contribution in [0.25, 0.3) is 0 Å². The molecular weight excluding hydrogens is 371 g/mol. The third kappa shape index (κ3) is 3.51. The second-order valence-corrected chi connectivity index (χ2v) is 7.72. The van der Waals surface area contributed by atoms with Gasteiger partial charge in [-0.25, -0.2) is 9.07 Å². The Hall–Kier alpha value is -3.14. The largest absolute Gasteiger partial charge is 0.347 e. The standard InChI is InChI=1S/C22H23FN4O2/c1-3-15-5-6-17(13-14(15)2)21(28)25-18-8-7-16-9-12-26(19(16)18)22(29)20(23)27-11-4-10-24-27/h1,4-6,10-11,13,16,18-20H,7-9,12H2,2H3,(H,25,28)/t16-,18+,19+,20?/m0/s1. The normalized spacial score (nSPS) is 24.0. The number of hydrogen-bond donors (Lipinski definition) is 1.